The smallest absolute Gasteiger partial charge is 0.222 e. The number of carbonyl (C=O) groups excluding carboxylic acids is 1. The molecule has 1 aliphatic rings. The van der Waals surface area contributed by atoms with Crippen LogP contribution in [-0.2, 0) is 11.2 Å². The van der Waals surface area contributed by atoms with Crippen molar-refractivity contribution in [3.63, 3.8) is 0 Å². The molecule has 1 aromatic heterocycles. The minimum Gasteiger partial charge on any atom is -0.346 e. The van der Waals surface area contributed by atoms with E-state index in [2.05, 4.69) is 28.6 Å². The topological polar surface area (TPSA) is 39.7 Å². The number of nitrogens with zero attached hydrogens (tertiary/aromatic N) is 4. The van der Waals surface area contributed by atoms with E-state index in [1.54, 1.807) is 11.3 Å². The zero-order chi connectivity index (χ0) is 17.4. The highest BCUT2D eigenvalue weighted by Gasteiger charge is 2.19. The van der Waals surface area contributed by atoms with Gasteiger partial charge in [-0.25, -0.2) is 4.98 Å². The van der Waals surface area contributed by atoms with Crippen molar-refractivity contribution < 1.29 is 4.79 Å². The van der Waals surface area contributed by atoms with E-state index in [0.717, 1.165) is 57.1 Å². The first-order valence-corrected chi connectivity index (χ1v) is 10.1. The van der Waals surface area contributed by atoms with Gasteiger partial charge in [0.2, 0.25) is 5.91 Å². The molecule has 0 unspecified atom stereocenters. The number of thiazole rings is 1. The third kappa shape index (κ3) is 5.74. The van der Waals surface area contributed by atoms with Crippen molar-refractivity contribution >= 4 is 22.4 Å². The number of hydrogen-bond acceptors (Lipinski definition) is 5. The van der Waals surface area contributed by atoms with E-state index in [-0.39, 0.29) is 5.91 Å². The minimum absolute atomic E-state index is 0.258. The first kappa shape index (κ1) is 19.2. The minimum atomic E-state index is 0.258. The zero-order valence-electron chi connectivity index (χ0n) is 15.5. The van der Waals surface area contributed by atoms with Gasteiger partial charge in [0.1, 0.15) is 0 Å². The highest BCUT2D eigenvalue weighted by molar-refractivity contribution is 7.15. The van der Waals surface area contributed by atoms with Crippen LogP contribution >= 0.6 is 11.3 Å². The maximum atomic E-state index is 12.0. The van der Waals surface area contributed by atoms with Gasteiger partial charge in [-0.05, 0) is 19.4 Å². The molecule has 1 saturated heterocycles. The summed E-state index contributed by atoms with van der Waals surface area (Å²) in [5, 5.41) is 1.14. The molecule has 1 aliphatic heterocycles. The number of piperazine rings is 1. The van der Waals surface area contributed by atoms with Crippen LogP contribution in [0, 0.1) is 0 Å². The van der Waals surface area contributed by atoms with Crippen molar-refractivity contribution in [2.24, 2.45) is 0 Å². The van der Waals surface area contributed by atoms with Crippen molar-refractivity contribution in [1.82, 2.24) is 14.8 Å². The molecule has 0 aliphatic carbocycles. The van der Waals surface area contributed by atoms with Gasteiger partial charge >= 0.3 is 0 Å². The number of rotatable bonds is 9. The second-order valence-corrected chi connectivity index (χ2v) is 7.70. The summed E-state index contributed by atoms with van der Waals surface area (Å²) >= 11 is 1.78. The molecular formula is C18H32N4OS. The number of likely N-dealkylation sites (N-methyl/N-ethyl adjacent to an activating group) is 1. The van der Waals surface area contributed by atoms with Crippen LogP contribution in [0.1, 0.15) is 44.4 Å². The number of unbranched alkanes of at least 4 members (excludes halogenated alkanes) is 1. The third-order valence-electron chi connectivity index (χ3n) is 4.59. The molecule has 0 radical (unpaired) electrons. The highest BCUT2D eigenvalue weighted by atomic mass is 32.1. The fourth-order valence-corrected chi connectivity index (χ4v) is 3.91. The lowest BCUT2D eigenvalue weighted by atomic mass is 10.2. The van der Waals surface area contributed by atoms with Crippen molar-refractivity contribution in [3.8, 4) is 0 Å². The molecule has 2 heterocycles. The van der Waals surface area contributed by atoms with E-state index in [1.165, 1.54) is 17.8 Å². The molecular weight excluding hydrogens is 320 g/mol. The fraction of sp³-hybridized carbons (Fsp3) is 0.778. The maximum Gasteiger partial charge on any atom is 0.222 e. The Morgan fingerprint density at radius 1 is 1.25 bits per heavy atom. The van der Waals surface area contributed by atoms with Gasteiger partial charge in [0.15, 0.2) is 5.13 Å². The molecule has 0 N–H and O–H groups in total. The van der Waals surface area contributed by atoms with Crippen molar-refractivity contribution in [3.05, 3.63) is 11.1 Å². The predicted octanol–water partition coefficient (Wildman–Crippen LogP) is 2.87. The molecule has 0 spiro atoms. The standard InChI is InChI=1S/C18H32N4OS/c1-4-6-7-17(23)20(3)10-8-16-15-19-18(24-16)22-13-11-21(9-5-2)12-14-22/h15H,4-14H2,1-3H3. The number of anilines is 1. The van der Waals surface area contributed by atoms with Gasteiger partial charge < -0.3 is 9.80 Å². The first-order valence-electron chi connectivity index (χ1n) is 9.30. The lowest BCUT2D eigenvalue weighted by Crippen LogP contribution is -2.46. The van der Waals surface area contributed by atoms with E-state index in [9.17, 15) is 4.79 Å². The summed E-state index contributed by atoms with van der Waals surface area (Å²) in [4.78, 5) is 24.6. The molecule has 24 heavy (non-hydrogen) atoms. The largest absolute Gasteiger partial charge is 0.346 e. The van der Waals surface area contributed by atoms with Gasteiger partial charge in [-0.15, -0.1) is 11.3 Å². The molecule has 0 bridgehead atoms. The van der Waals surface area contributed by atoms with Gasteiger partial charge in [-0.1, -0.05) is 20.3 Å². The SMILES string of the molecule is CCCCC(=O)N(C)CCc1cnc(N2CCN(CCC)CC2)s1. The summed E-state index contributed by atoms with van der Waals surface area (Å²) in [6, 6.07) is 0. The molecule has 1 amide bonds. The Labute approximate surface area is 150 Å². The third-order valence-corrected chi connectivity index (χ3v) is 5.71. The van der Waals surface area contributed by atoms with Crippen LogP contribution in [0.5, 0.6) is 0 Å². The average molecular weight is 353 g/mol. The second-order valence-electron chi connectivity index (χ2n) is 6.61. The summed E-state index contributed by atoms with van der Waals surface area (Å²) in [5.74, 6) is 0.258. The molecule has 5 nitrogen and oxygen atoms in total. The molecule has 136 valence electrons. The quantitative estimate of drug-likeness (QED) is 0.685. The van der Waals surface area contributed by atoms with E-state index >= 15 is 0 Å². The van der Waals surface area contributed by atoms with E-state index in [0.29, 0.717) is 6.42 Å². The monoisotopic (exact) mass is 352 g/mol. The Hall–Kier alpha value is -1.14. The second kappa shape index (κ2) is 9.99. The lowest BCUT2D eigenvalue weighted by molar-refractivity contribution is -0.129. The normalized spacial score (nSPS) is 15.7. The Morgan fingerprint density at radius 3 is 2.67 bits per heavy atom. The van der Waals surface area contributed by atoms with Crippen LogP contribution in [0.4, 0.5) is 5.13 Å². The Bertz CT molecular complexity index is 497. The van der Waals surface area contributed by atoms with Crippen LogP contribution in [0.2, 0.25) is 0 Å². The number of hydrogen-bond donors (Lipinski definition) is 0. The lowest BCUT2D eigenvalue weighted by Gasteiger charge is -2.34. The van der Waals surface area contributed by atoms with Gasteiger partial charge in [-0.2, -0.15) is 0 Å². The maximum absolute atomic E-state index is 12.0. The van der Waals surface area contributed by atoms with E-state index in [1.807, 2.05) is 18.1 Å². The van der Waals surface area contributed by atoms with Gasteiger partial charge in [0.25, 0.3) is 0 Å². The summed E-state index contributed by atoms with van der Waals surface area (Å²) in [6.45, 7) is 10.8. The number of aromatic nitrogens is 1. The summed E-state index contributed by atoms with van der Waals surface area (Å²) in [6.07, 6.45) is 6.85. The Kier molecular flexibility index (Phi) is 7.99. The van der Waals surface area contributed by atoms with Gasteiger partial charge in [-0.3, -0.25) is 9.69 Å². The van der Waals surface area contributed by atoms with Crippen LogP contribution < -0.4 is 4.90 Å². The molecule has 6 heteroatoms. The number of carbonyl (C=O) groups is 1. The summed E-state index contributed by atoms with van der Waals surface area (Å²) in [5.41, 5.74) is 0. The zero-order valence-corrected chi connectivity index (χ0v) is 16.3. The van der Waals surface area contributed by atoms with Crippen LogP contribution in [0.15, 0.2) is 6.20 Å². The van der Waals surface area contributed by atoms with Crippen molar-refractivity contribution in [1.29, 1.82) is 0 Å². The van der Waals surface area contributed by atoms with Gasteiger partial charge in [0, 0.05) is 63.7 Å². The molecule has 0 saturated carbocycles. The highest BCUT2D eigenvalue weighted by Crippen LogP contribution is 2.24. The van der Waals surface area contributed by atoms with E-state index < -0.39 is 0 Å². The Morgan fingerprint density at radius 2 is 2.00 bits per heavy atom. The number of amides is 1. The predicted molar refractivity (Wildman–Crippen MR) is 102 cm³/mol. The van der Waals surface area contributed by atoms with Crippen molar-refractivity contribution in [2.45, 2.75) is 46.0 Å². The van der Waals surface area contributed by atoms with E-state index in [4.69, 9.17) is 0 Å². The molecule has 1 aromatic rings. The average Bonchev–Trinajstić information content (AvgIpc) is 3.07. The van der Waals surface area contributed by atoms with Gasteiger partial charge in [0.05, 0.1) is 0 Å². The fourth-order valence-electron chi connectivity index (χ4n) is 2.96. The Balaban J connectivity index is 1.76. The molecule has 0 atom stereocenters. The molecule has 1 fully saturated rings. The van der Waals surface area contributed by atoms with Crippen molar-refractivity contribution in [2.75, 3.05) is 51.2 Å². The van der Waals surface area contributed by atoms with Crippen LogP contribution in [0.25, 0.3) is 0 Å². The summed E-state index contributed by atoms with van der Waals surface area (Å²) < 4.78 is 0. The van der Waals surface area contributed by atoms with Crippen LogP contribution in [0.3, 0.4) is 0 Å². The van der Waals surface area contributed by atoms with Crippen LogP contribution in [-0.4, -0.2) is 67.0 Å². The summed E-state index contributed by atoms with van der Waals surface area (Å²) in [7, 11) is 1.91. The first-order chi connectivity index (χ1) is 11.6. The molecule has 2 rings (SSSR count). The molecule has 0 aromatic carbocycles.